The highest BCUT2D eigenvalue weighted by molar-refractivity contribution is 5.79. The molecule has 0 saturated carbocycles. The van der Waals surface area contributed by atoms with Gasteiger partial charge in [0.15, 0.2) is 11.5 Å². The van der Waals surface area contributed by atoms with Crippen LogP contribution in [0.2, 0.25) is 0 Å². The molecule has 2 aliphatic heterocycles. The summed E-state index contributed by atoms with van der Waals surface area (Å²) in [6.45, 7) is 3.48. The lowest BCUT2D eigenvalue weighted by Gasteiger charge is -2.24. The summed E-state index contributed by atoms with van der Waals surface area (Å²) in [5.41, 5.74) is 4.79. The molecule has 0 fully saturated rings. The summed E-state index contributed by atoms with van der Waals surface area (Å²) in [5.74, 6) is 1.80. The van der Waals surface area contributed by atoms with Crippen molar-refractivity contribution in [2.75, 3.05) is 20.3 Å². The summed E-state index contributed by atoms with van der Waals surface area (Å²) in [4.78, 5) is 17.2. The molecule has 0 spiro atoms. The van der Waals surface area contributed by atoms with E-state index in [1.807, 2.05) is 31.3 Å². The first-order valence-corrected chi connectivity index (χ1v) is 9.36. The van der Waals surface area contributed by atoms with Gasteiger partial charge in [0.1, 0.15) is 24.6 Å². The van der Waals surface area contributed by atoms with E-state index < -0.39 is 0 Å². The van der Waals surface area contributed by atoms with Gasteiger partial charge in [-0.3, -0.25) is 4.79 Å². The van der Waals surface area contributed by atoms with Gasteiger partial charge in [-0.1, -0.05) is 0 Å². The Morgan fingerprint density at radius 2 is 2.00 bits per heavy atom. The van der Waals surface area contributed by atoms with Crippen molar-refractivity contribution in [1.29, 1.82) is 0 Å². The van der Waals surface area contributed by atoms with Gasteiger partial charge in [-0.2, -0.15) is 0 Å². The van der Waals surface area contributed by atoms with E-state index in [1.54, 1.807) is 7.11 Å². The van der Waals surface area contributed by atoms with Crippen LogP contribution in [-0.2, 0) is 11.3 Å². The number of benzene rings is 1. The molecule has 7 heteroatoms. The zero-order valence-corrected chi connectivity index (χ0v) is 15.8. The van der Waals surface area contributed by atoms with Crippen molar-refractivity contribution in [3.8, 4) is 17.2 Å². The summed E-state index contributed by atoms with van der Waals surface area (Å²) in [5, 5.41) is 2.96. The molecule has 0 saturated heterocycles. The Bertz CT molecular complexity index is 1090. The number of nitrogens with one attached hydrogen (secondary N) is 1. The van der Waals surface area contributed by atoms with E-state index in [1.165, 1.54) is 0 Å². The molecule has 5 rings (SSSR count). The normalized spacial score (nSPS) is 18.4. The van der Waals surface area contributed by atoms with Crippen LogP contribution in [0.15, 0.2) is 30.5 Å². The lowest BCUT2D eigenvalue weighted by atomic mass is 9.90. The number of aryl methyl sites for hydroxylation is 1. The van der Waals surface area contributed by atoms with Gasteiger partial charge in [-0.05, 0) is 30.7 Å². The van der Waals surface area contributed by atoms with Crippen molar-refractivity contribution < 1.29 is 19.0 Å². The molecule has 3 aromatic rings. The molecule has 0 aliphatic carbocycles. The largest absolute Gasteiger partial charge is 0.496 e. The minimum Gasteiger partial charge on any atom is -0.496 e. The van der Waals surface area contributed by atoms with Crippen molar-refractivity contribution >= 4 is 11.6 Å². The molecule has 2 aliphatic rings. The number of hydrogen-bond donors (Lipinski definition) is 1. The van der Waals surface area contributed by atoms with Gasteiger partial charge in [-0.25, -0.2) is 4.98 Å². The predicted molar refractivity (Wildman–Crippen MR) is 102 cm³/mol. The van der Waals surface area contributed by atoms with Gasteiger partial charge >= 0.3 is 0 Å². The standard InChI is InChI=1S/C21H21N3O4/c1-12-3-4-24-19(7-12)23-15-11-22-20(25)9-14(21(15)24)13-8-17-18(10-16(13)26-2)28-6-5-27-17/h3-4,7-8,10,14H,5-6,9,11H2,1-2H3,(H,22,25). The number of rotatable bonds is 2. The maximum Gasteiger partial charge on any atom is 0.221 e. The molecular weight excluding hydrogens is 358 g/mol. The SMILES string of the molecule is COc1cc2c(cc1C1CC(=O)NCc3nc4cc(C)ccn4c31)OCCO2. The van der Waals surface area contributed by atoms with Crippen LogP contribution in [0.3, 0.4) is 0 Å². The summed E-state index contributed by atoms with van der Waals surface area (Å²) in [6, 6.07) is 7.88. The van der Waals surface area contributed by atoms with Crippen LogP contribution >= 0.6 is 0 Å². The Labute approximate surface area is 162 Å². The van der Waals surface area contributed by atoms with Crippen LogP contribution in [0, 0.1) is 6.92 Å². The number of aromatic nitrogens is 2. The van der Waals surface area contributed by atoms with Gasteiger partial charge in [0.2, 0.25) is 5.91 Å². The average Bonchev–Trinajstić information content (AvgIpc) is 2.98. The molecule has 0 bridgehead atoms. The third-order valence-corrected chi connectivity index (χ3v) is 5.34. The van der Waals surface area contributed by atoms with Crippen LogP contribution < -0.4 is 19.5 Å². The van der Waals surface area contributed by atoms with E-state index >= 15 is 0 Å². The summed E-state index contributed by atoms with van der Waals surface area (Å²) in [6.07, 6.45) is 2.33. The molecule has 0 radical (unpaired) electrons. The third kappa shape index (κ3) is 2.66. The van der Waals surface area contributed by atoms with E-state index in [9.17, 15) is 4.79 Å². The lowest BCUT2D eigenvalue weighted by molar-refractivity contribution is -0.121. The Balaban J connectivity index is 1.73. The molecule has 7 nitrogen and oxygen atoms in total. The van der Waals surface area contributed by atoms with Crippen LogP contribution in [0.25, 0.3) is 5.65 Å². The maximum atomic E-state index is 12.5. The smallest absolute Gasteiger partial charge is 0.221 e. The van der Waals surface area contributed by atoms with Gasteiger partial charge in [0.05, 0.1) is 25.0 Å². The minimum atomic E-state index is -0.207. The monoisotopic (exact) mass is 379 g/mol. The summed E-state index contributed by atoms with van der Waals surface area (Å²) < 4.78 is 19.2. The second-order valence-corrected chi connectivity index (χ2v) is 7.15. The minimum absolute atomic E-state index is 0.0131. The number of hydrogen-bond acceptors (Lipinski definition) is 5. The van der Waals surface area contributed by atoms with Crippen molar-refractivity contribution in [3.63, 3.8) is 0 Å². The maximum absolute atomic E-state index is 12.5. The van der Waals surface area contributed by atoms with E-state index in [0.29, 0.717) is 43.4 Å². The Morgan fingerprint density at radius 1 is 1.21 bits per heavy atom. The molecule has 1 amide bonds. The topological polar surface area (TPSA) is 74.1 Å². The van der Waals surface area contributed by atoms with Gasteiger partial charge in [0, 0.05) is 30.2 Å². The van der Waals surface area contributed by atoms with E-state index in [4.69, 9.17) is 19.2 Å². The number of nitrogens with zero attached hydrogens (tertiary/aromatic N) is 2. The zero-order chi connectivity index (χ0) is 19.3. The van der Waals surface area contributed by atoms with Crippen LogP contribution in [0.4, 0.5) is 0 Å². The van der Waals surface area contributed by atoms with Crippen molar-refractivity contribution in [3.05, 3.63) is 53.0 Å². The van der Waals surface area contributed by atoms with Crippen molar-refractivity contribution in [2.45, 2.75) is 25.8 Å². The van der Waals surface area contributed by atoms with Gasteiger partial charge < -0.3 is 23.9 Å². The first-order valence-electron chi connectivity index (χ1n) is 9.36. The number of ether oxygens (including phenoxy) is 3. The van der Waals surface area contributed by atoms with Gasteiger partial charge in [0.25, 0.3) is 0 Å². The van der Waals surface area contributed by atoms with Crippen LogP contribution in [0.5, 0.6) is 17.2 Å². The number of carbonyl (C=O) groups excluding carboxylic acids is 1. The molecule has 28 heavy (non-hydrogen) atoms. The molecule has 1 atom stereocenters. The van der Waals surface area contributed by atoms with Crippen LogP contribution in [-0.4, -0.2) is 35.6 Å². The predicted octanol–water partition coefficient (Wildman–Crippen LogP) is 2.57. The summed E-state index contributed by atoms with van der Waals surface area (Å²) in [7, 11) is 1.63. The first-order chi connectivity index (χ1) is 13.6. The fourth-order valence-electron chi connectivity index (χ4n) is 4.04. The third-order valence-electron chi connectivity index (χ3n) is 5.34. The Morgan fingerprint density at radius 3 is 2.79 bits per heavy atom. The molecule has 1 unspecified atom stereocenters. The quantitative estimate of drug-likeness (QED) is 0.741. The highest BCUT2D eigenvalue weighted by Crippen LogP contribution is 2.44. The molecule has 1 N–H and O–H groups in total. The second kappa shape index (κ2) is 6.44. The number of imidazole rings is 1. The number of carbonyl (C=O) groups is 1. The highest BCUT2D eigenvalue weighted by atomic mass is 16.6. The molecule has 2 aromatic heterocycles. The lowest BCUT2D eigenvalue weighted by Crippen LogP contribution is -2.22. The van der Waals surface area contributed by atoms with Gasteiger partial charge in [-0.15, -0.1) is 0 Å². The number of pyridine rings is 1. The second-order valence-electron chi connectivity index (χ2n) is 7.15. The number of amides is 1. The molecule has 144 valence electrons. The summed E-state index contributed by atoms with van der Waals surface area (Å²) >= 11 is 0. The number of fused-ring (bicyclic) bond motifs is 4. The Hall–Kier alpha value is -3.22. The highest BCUT2D eigenvalue weighted by Gasteiger charge is 2.32. The number of methoxy groups -OCH3 is 1. The molecule has 1 aromatic carbocycles. The van der Waals surface area contributed by atoms with E-state index in [-0.39, 0.29) is 11.8 Å². The van der Waals surface area contributed by atoms with E-state index in [0.717, 1.165) is 28.2 Å². The van der Waals surface area contributed by atoms with Crippen LogP contribution in [0.1, 0.15) is 34.9 Å². The molecular formula is C21H21N3O4. The zero-order valence-electron chi connectivity index (χ0n) is 15.8. The van der Waals surface area contributed by atoms with Crippen molar-refractivity contribution in [1.82, 2.24) is 14.7 Å². The average molecular weight is 379 g/mol. The fourth-order valence-corrected chi connectivity index (χ4v) is 4.04. The fraction of sp³-hybridized carbons (Fsp3) is 0.333. The first kappa shape index (κ1) is 16.9. The molecule has 4 heterocycles. The van der Waals surface area contributed by atoms with E-state index in [2.05, 4.69) is 15.8 Å². The van der Waals surface area contributed by atoms with Crippen molar-refractivity contribution in [2.24, 2.45) is 0 Å². The Kier molecular flexibility index (Phi) is 3.89.